The Morgan fingerprint density at radius 2 is 2.00 bits per heavy atom. The second-order valence-electron chi connectivity index (χ2n) is 4.39. The summed E-state index contributed by atoms with van der Waals surface area (Å²) >= 11 is 0. The molecule has 0 unspecified atom stereocenters. The summed E-state index contributed by atoms with van der Waals surface area (Å²) in [4.78, 5) is 0. The van der Waals surface area contributed by atoms with Gasteiger partial charge in [-0.15, -0.1) is 0 Å². The first-order valence-corrected chi connectivity index (χ1v) is 6.05. The predicted octanol–water partition coefficient (Wildman–Crippen LogP) is 2.63. The van der Waals surface area contributed by atoms with Crippen molar-refractivity contribution >= 4 is 5.69 Å². The van der Waals surface area contributed by atoms with E-state index in [0.717, 1.165) is 32.0 Å². The fraction of sp³-hybridized carbons (Fsp3) is 0.538. The number of hydrogen-bond acceptors (Lipinski definition) is 2. The molecule has 2 nitrogen and oxygen atoms in total. The zero-order valence-electron chi connectivity index (χ0n) is 9.51. The minimum atomic E-state index is -0.159. The molecule has 0 bridgehead atoms. The molecule has 0 radical (unpaired) electrons. The molecule has 0 atom stereocenters. The standard InChI is InChI=1S/C13H19FN2/c14-12-3-1-2-4-13(12)16-10-7-11-5-8-15-9-6-11/h1-4,11,15-16H,5-10H2. The van der Waals surface area contributed by atoms with Gasteiger partial charge in [0, 0.05) is 6.54 Å². The number of anilines is 1. The average Bonchev–Trinajstić information content (AvgIpc) is 2.33. The summed E-state index contributed by atoms with van der Waals surface area (Å²) in [6, 6.07) is 6.86. The number of halogens is 1. The number of nitrogens with one attached hydrogen (secondary N) is 2. The Kier molecular flexibility index (Phi) is 4.17. The van der Waals surface area contributed by atoms with Crippen LogP contribution in [0.15, 0.2) is 24.3 Å². The highest BCUT2D eigenvalue weighted by Crippen LogP contribution is 2.17. The molecule has 0 amide bonds. The van der Waals surface area contributed by atoms with E-state index in [2.05, 4.69) is 10.6 Å². The van der Waals surface area contributed by atoms with Crippen LogP contribution >= 0.6 is 0 Å². The average molecular weight is 222 g/mol. The van der Waals surface area contributed by atoms with Crippen molar-refractivity contribution in [3.63, 3.8) is 0 Å². The van der Waals surface area contributed by atoms with Gasteiger partial charge in [-0.2, -0.15) is 0 Å². The maximum Gasteiger partial charge on any atom is 0.146 e. The summed E-state index contributed by atoms with van der Waals surface area (Å²) in [7, 11) is 0. The summed E-state index contributed by atoms with van der Waals surface area (Å²) < 4.78 is 13.3. The molecular formula is C13H19FN2. The van der Waals surface area contributed by atoms with Crippen molar-refractivity contribution in [2.75, 3.05) is 25.0 Å². The molecule has 16 heavy (non-hydrogen) atoms. The van der Waals surface area contributed by atoms with Crippen LogP contribution in [0.4, 0.5) is 10.1 Å². The van der Waals surface area contributed by atoms with Crippen LogP contribution in [0, 0.1) is 11.7 Å². The third kappa shape index (κ3) is 3.20. The minimum absolute atomic E-state index is 0.159. The number of para-hydroxylation sites is 1. The van der Waals surface area contributed by atoms with E-state index >= 15 is 0 Å². The molecule has 2 rings (SSSR count). The molecule has 1 aliphatic rings. The van der Waals surface area contributed by atoms with Crippen molar-refractivity contribution in [1.82, 2.24) is 5.32 Å². The number of rotatable bonds is 4. The van der Waals surface area contributed by atoms with E-state index < -0.39 is 0 Å². The molecule has 1 aliphatic heterocycles. The minimum Gasteiger partial charge on any atom is -0.383 e. The second-order valence-corrected chi connectivity index (χ2v) is 4.39. The van der Waals surface area contributed by atoms with Gasteiger partial charge in [0.2, 0.25) is 0 Å². The van der Waals surface area contributed by atoms with Crippen molar-refractivity contribution < 1.29 is 4.39 Å². The number of hydrogen-bond donors (Lipinski definition) is 2. The Hall–Kier alpha value is -1.09. The van der Waals surface area contributed by atoms with E-state index in [-0.39, 0.29) is 5.82 Å². The van der Waals surface area contributed by atoms with Gasteiger partial charge in [-0.3, -0.25) is 0 Å². The van der Waals surface area contributed by atoms with Gasteiger partial charge in [-0.1, -0.05) is 12.1 Å². The fourth-order valence-electron chi connectivity index (χ4n) is 2.19. The summed E-state index contributed by atoms with van der Waals surface area (Å²) in [6.45, 7) is 3.13. The van der Waals surface area contributed by atoms with E-state index in [1.54, 1.807) is 12.1 Å². The van der Waals surface area contributed by atoms with Gasteiger partial charge in [0.25, 0.3) is 0 Å². The van der Waals surface area contributed by atoms with E-state index in [9.17, 15) is 4.39 Å². The van der Waals surface area contributed by atoms with Gasteiger partial charge in [0.05, 0.1) is 5.69 Å². The zero-order valence-corrected chi connectivity index (χ0v) is 9.51. The Labute approximate surface area is 96.2 Å². The Morgan fingerprint density at radius 3 is 2.75 bits per heavy atom. The quantitative estimate of drug-likeness (QED) is 0.818. The third-order valence-electron chi connectivity index (χ3n) is 3.20. The Morgan fingerprint density at radius 1 is 1.25 bits per heavy atom. The lowest BCUT2D eigenvalue weighted by atomic mass is 9.95. The van der Waals surface area contributed by atoms with Crippen LogP contribution < -0.4 is 10.6 Å². The lowest BCUT2D eigenvalue weighted by Crippen LogP contribution is -2.28. The first-order chi connectivity index (χ1) is 7.86. The SMILES string of the molecule is Fc1ccccc1NCCC1CCNCC1. The highest BCUT2D eigenvalue weighted by molar-refractivity contribution is 5.44. The predicted molar refractivity (Wildman–Crippen MR) is 65.1 cm³/mol. The van der Waals surface area contributed by atoms with Gasteiger partial charge < -0.3 is 10.6 Å². The van der Waals surface area contributed by atoms with Crippen molar-refractivity contribution in [2.45, 2.75) is 19.3 Å². The molecule has 1 aromatic carbocycles. The summed E-state index contributed by atoms with van der Waals surface area (Å²) in [5.74, 6) is 0.633. The van der Waals surface area contributed by atoms with Gasteiger partial charge in [-0.05, 0) is 50.4 Å². The van der Waals surface area contributed by atoms with Gasteiger partial charge in [0.15, 0.2) is 0 Å². The summed E-state index contributed by atoms with van der Waals surface area (Å²) in [6.07, 6.45) is 3.63. The maximum absolute atomic E-state index is 13.3. The van der Waals surface area contributed by atoms with Crippen molar-refractivity contribution in [1.29, 1.82) is 0 Å². The van der Waals surface area contributed by atoms with E-state index in [0.29, 0.717) is 5.69 Å². The van der Waals surface area contributed by atoms with Crippen LogP contribution in [0.2, 0.25) is 0 Å². The monoisotopic (exact) mass is 222 g/mol. The Balaban J connectivity index is 1.73. The number of piperidine rings is 1. The largest absolute Gasteiger partial charge is 0.383 e. The normalized spacial score (nSPS) is 17.3. The topological polar surface area (TPSA) is 24.1 Å². The molecule has 1 aromatic rings. The lowest BCUT2D eigenvalue weighted by Gasteiger charge is -2.22. The van der Waals surface area contributed by atoms with Crippen molar-refractivity contribution in [3.8, 4) is 0 Å². The number of benzene rings is 1. The Bertz CT molecular complexity index is 321. The van der Waals surface area contributed by atoms with Gasteiger partial charge in [0.1, 0.15) is 5.82 Å². The molecular weight excluding hydrogens is 203 g/mol. The molecule has 3 heteroatoms. The zero-order chi connectivity index (χ0) is 11.2. The van der Waals surface area contributed by atoms with E-state index in [1.807, 2.05) is 6.07 Å². The molecule has 0 aliphatic carbocycles. The van der Waals surface area contributed by atoms with Crippen LogP contribution in [-0.4, -0.2) is 19.6 Å². The first-order valence-electron chi connectivity index (χ1n) is 6.05. The molecule has 0 aromatic heterocycles. The van der Waals surface area contributed by atoms with Crippen LogP contribution in [0.5, 0.6) is 0 Å². The highest BCUT2D eigenvalue weighted by Gasteiger charge is 2.12. The van der Waals surface area contributed by atoms with Crippen LogP contribution in [0.25, 0.3) is 0 Å². The van der Waals surface area contributed by atoms with Crippen molar-refractivity contribution in [2.24, 2.45) is 5.92 Å². The molecule has 1 heterocycles. The maximum atomic E-state index is 13.3. The highest BCUT2D eigenvalue weighted by atomic mass is 19.1. The third-order valence-corrected chi connectivity index (χ3v) is 3.20. The van der Waals surface area contributed by atoms with Gasteiger partial charge >= 0.3 is 0 Å². The van der Waals surface area contributed by atoms with Gasteiger partial charge in [-0.25, -0.2) is 4.39 Å². The summed E-state index contributed by atoms with van der Waals surface area (Å²) in [5.41, 5.74) is 0.622. The summed E-state index contributed by atoms with van der Waals surface area (Å²) in [5, 5.41) is 6.52. The lowest BCUT2D eigenvalue weighted by molar-refractivity contribution is 0.361. The smallest absolute Gasteiger partial charge is 0.146 e. The second kappa shape index (κ2) is 5.85. The van der Waals surface area contributed by atoms with Crippen LogP contribution in [-0.2, 0) is 0 Å². The van der Waals surface area contributed by atoms with Crippen molar-refractivity contribution in [3.05, 3.63) is 30.1 Å². The van der Waals surface area contributed by atoms with E-state index in [4.69, 9.17) is 0 Å². The van der Waals surface area contributed by atoms with Crippen LogP contribution in [0.1, 0.15) is 19.3 Å². The molecule has 1 fully saturated rings. The van der Waals surface area contributed by atoms with Crippen LogP contribution in [0.3, 0.4) is 0 Å². The first kappa shape index (κ1) is 11.4. The molecule has 0 saturated carbocycles. The van der Waals surface area contributed by atoms with E-state index in [1.165, 1.54) is 18.9 Å². The molecule has 1 saturated heterocycles. The molecule has 2 N–H and O–H groups in total. The fourth-order valence-corrected chi connectivity index (χ4v) is 2.19. The molecule has 0 spiro atoms. The molecule has 88 valence electrons.